The highest BCUT2D eigenvalue weighted by Crippen LogP contribution is 2.37. The fraction of sp³-hybridized carbons (Fsp3) is 0.136. The van der Waals surface area contributed by atoms with E-state index in [0.717, 1.165) is 16.8 Å². The van der Waals surface area contributed by atoms with E-state index in [9.17, 15) is 4.79 Å². The third-order valence-corrected chi connectivity index (χ3v) is 5.42. The Balaban J connectivity index is 1.69. The summed E-state index contributed by atoms with van der Waals surface area (Å²) in [7, 11) is 0. The Morgan fingerprint density at radius 2 is 1.78 bits per heavy atom. The molecule has 0 aliphatic carbocycles. The minimum atomic E-state index is -0.366. The Morgan fingerprint density at radius 1 is 1.07 bits per heavy atom. The molecular formula is C22H19N3OS. The minimum absolute atomic E-state index is 0.165. The number of benzene rings is 2. The average molecular weight is 373 g/mol. The number of fused-ring (bicyclic) bond motifs is 1. The van der Waals surface area contributed by atoms with Crippen molar-refractivity contribution in [2.45, 2.75) is 19.8 Å². The van der Waals surface area contributed by atoms with Gasteiger partial charge in [0.2, 0.25) is 0 Å². The van der Waals surface area contributed by atoms with Crippen LogP contribution in [0.1, 0.15) is 36.5 Å². The molecule has 0 spiro atoms. The molecule has 0 saturated carbocycles. The molecular weight excluding hydrogens is 354 g/mol. The Bertz CT molecular complexity index is 1000. The summed E-state index contributed by atoms with van der Waals surface area (Å²) in [6.45, 7) is 4.29. The van der Waals surface area contributed by atoms with Crippen LogP contribution in [0.4, 0.5) is 0 Å². The van der Waals surface area contributed by atoms with Crippen molar-refractivity contribution < 1.29 is 4.79 Å². The molecule has 0 saturated heterocycles. The first kappa shape index (κ1) is 17.5. The van der Waals surface area contributed by atoms with Gasteiger partial charge in [0.1, 0.15) is 5.84 Å². The van der Waals surface area contributed by atoms with Crippen LogP contribution >= 0.6 is 11.8 Å². The van der Waals surface area contributed by atoms with Crippen LogP contribution in [0.3, 0.4) is 0 Å². The van der Waals surface area contributed by atoms with Crippen LogP contribution in [0.15, 0.2) is 70.6 Å². The molecule has 2 heterocycles. The maximum atomic E-state index is 12.5. The second kappa shape index (κ2) is 7.00. The summed E-state index contributed by atoms with van der Waals surface area (Å²) in [5, 5.41) is 11.1. The zero-order chi connectivity index (χ0) is 19.0. The standard InChI is InChI=1S/C22H19N3OS/c1-14(2)16-10-8-15(9-11-16)12-18-20(23)25-19(17-6-4-3-5-7-17)13-27-22(25)24-21(18)26/h3-14,23H,1-2H3/b18-12-,23-20?. The van der Waals surface area contributed by atoms with Gasteiger partial charge in [-0.15, -0.1) is 0 Å². The maximum Gasteiger partial charge on any atom is 0.283 e. The van der Waals surface area contributed by atoms with E-state index in [-0.39, 0.29) is 11.7 Å². The van der Waals surface area contributed by atoms with Crippen LogP contribution in [0.2, 0.25) is 0 Å². The first-order valence-corrected chi connectivity index (χ1v) is 9.68. The zero-order valence-electron chi connectivity index (χ0n) is 15.1. The number of amides is 1. The van der Waals surface area contributed by atoms with Gasteiger partial charge in [-0.05, 0) is 28.7 Å². The molecule has 4 rings (SSSR count). The van der Waals surface area contributed by atoms with Crippen molar-refractivity contribution in [1.29, 1.82) is 5.41 Å². The first-order chi connectivity index (χ1) is 13.0. The Morgan fingerprint density at radius 3 is 2.44 bits per heavy atom. The van der Waals surface area contributed by atoms with Gasteiger partial charge in [-0.25, -0.2) is 0 Å². The lowest BCUT2D eigenvalue weighted by molar-refractivity contribution is -0.114. The van der Waals surface area contributed by atoms with Crippen LogP contribution in [0.25, 0.3) is 11.8 Å². The van der Waals surface area contributed by atoms with E-state index in [1.54, 1.807) is 11.0 Å². The molecule has 2 aromatic rings. The predicted molar refractivity (Wildman–Crippen MR) is 113 cm³/mol. The molecule has 27 heavy (non-hydrogen) atoms. The van der Waals surface area contributed by atoms with Gasteiger partial charge < -0.3 is 0 Å². The van der Waals surface area contributed by atoms with Crippen LogP contribution in [-0.2, 0) is 4.79 Å². The van der Waals surface area contributed by atoms with Crippen molar-refractivity contribution in [3.63, 3.8) is 0 Å². The second-order valence-corrected chi connectivity index (χ2v) is 7.59. The summed E-state index contributed by atoms with van der Waals surface area (Å²) in [6, 6.07) is 17.9. The van der Waals surface area contributed by atoms with Crippen LogP contribution < -0.4 is 0 Å². The number of carbonyl (C=O) groups is 1. The van der Waals surface area contributed by atoms with E-state index >= 15 is 0 Å². The number of amidine groups is 2. The third-order valence-electron chi connectivity index (χ3n) is 4.60. The van der Waals surface area contributed by atoms with Gasteiger partial charge in [0, 0.05) is 5.41 Å². The lowest BCUT2D eigenvalue weighted by Crippen LogP contribution is -2.38. The van der Waals surface area contributed by atoms with Gasteiger partial charge in [-0.1, -0.05) is 80.2 Å². The summed E-state index contributed by atoms with van der Waals surface area (Å²) in [4.78, 5) is 18.5. The lowest BCUT2D eigenvalue weighted by Gasteiger charge is -2.26. The summed E-state index contributed by atoms with van der Waals surface area (Å²) in [5.74, 6) is 0.251. The number of nitrogens with zero attached hydrogens (tertiary/aromatic N) is 2. The summed E-state index contributed by atoms with van der Waals surface area (Å²) < 4.78 is 0. The molecule has 5 heteroatoms. The van der Waals surface area contributed by atoms with E-state index in [1.807, 2.05) is 47.9 Å². The Kier molecular flexibility index (Phi) is 4.54. The van der Waals surface area contributed by atoms with Crippen molar-refractivity contribution in [1.82, 2.24) is 4.90 Å². The normalized spacial score (nSPS) is 18.0. The average Bonchev–Trinajstić information content (AvgIpc) is 3.10. The van der Waals surface area contributed by atoms with E-state index in [4.69, 9.17) is 5.41 Å². The smallest absolute Gasteiger partial charge is 0.283 e. The van der Waals surface area contributed by atoms with E-state index < -0.39 is 0 Å². The molecule has 1 N–H and O–H groups in total. The molecule has 2 aromatic carbocycles. The molecule has 134 valence electrons. The van der Waals surface area contributed by atoms with Crippen LogP contribution in [0.5, 0.6) is 0 Å². The highest BCUT2D eigenvalue weighted by atomic mass is 32.2. The number of hydrogen-bond donors (Lipinski definition) is 1. The molecule has 0 bridgehead atoms. The second-order valence-electron chi connectivity index (χ2n) is 6.75. The summed E-state index contributed by atoms with van der Waals surface area (Å²) >= 11 is 1.38. The summed E-state index contributed by atoms with van der Waals surface area (Å²) in [5.41, 5.74) is 4.31. The first-order valence-electron chi connectivity index (χ1n) is 8.80. The molecule has 2 aliphatic heterocycles. The van der Waals surface area contributed by atoms with Crippen molar-refractivity contribution in [3.8, 4) is 0 Å². The number of rotatable bonds is 3. The number of carbonyl (C=O) groups excluding carboxylic acids is 1. The van der Waals surface area contributed by atoms with Crippen molar-refractivity contribution in [2.24, 2.45) is 4.99 Å². The number of nitrogens with one attached hydrogen (secondary N) is 1. The number of aliphatic imine (C=N–C) groups is 1. The molecule has 0 fully saturated rings. The Labute approximate surface area is 162 Å². The fourth-order valence-electron chi connectivity index (χ4n) is 3.06. The van der Waals surface area contributed by atoms with Gasteiger partial charge in [0.15, 0.2) is 5.17 Å². The van der Waals surface area contributed by atoms with Gasteiger partial charge >= 0.3 is 0 Å². The monoisotopic (exact) mass is 373 g/mol. The number of hydrogen-bond acceptors (Lipinski definition) is 3. The highest BCUT2D eigenvalue weighted by Gasteiger charge is 2.36. The third kappa shape index (κ3) is 3.26. The molecule has 4 nitrogen and oxygen atoms in total. The number of thioether (sulfide) groups is 1. The van der Waals surface area contributed by atoms with E-state index in [2.05, 4.69) is 31.0 Å². The molecule has 2 aliphatic rings. The SMILES string of the molecule is CC(C)c1ccc(/C=C2/C(=N)N3C(c4ccccc4)=CSC3=NC2=O)cc1. The van der Waals surface area contributed by atoms with Crippen LogP contribution in [0, 0.1) is 5.41 Å². The van der Waals surface area contributed by atoms with Gasteiger partial charge in [0.25, 0.3) is 5.91 Å². The van der Waals surface area contributed by atoms with Crippen molar-refractivity contribution >= 4 is 40.4 Å². The van der Waals surface area contributed by atoms with Crippen LogP contribution in [-0.4, -0.2) is 21.8 Å². The lowest BCUT2D eigenvalue weighted by atomic mass is 10.0. The Hall–Kier alpha value is -2.92. The molecule has 0 unspecified atom stereocenters. The molecule has 1 amide bonds. The largest absolute Gasteiger partial charge is 0.283 e. The van der Waals surface area contributed by atoms with Crippen molar-refractivity contribution in [2.75, 3.05) is 0 Å². The summed E-state index contributed by atoms with van der Waals surface area (Å²) in [6.07, 6.45) is 1.75. The molecule has 0 atom stereocenters. The quantitative estimate of drug-likeness (QED) is 0.760. The van der Waals surface area contributed by atoms with Gasteiger partial charge in [-0.3, -0.25) is 15.1 Å². The highest BCUT2D eigenvalue weighted by molar-refractivity contribution is 8.17. The minimum Gasteiger partial charge on any atom is -0.283 e. The van der Waals surface area contributed by atoms with E-state index in [1.165, 1.54) is 17.3 Å². The topological polar surface area (TPSA) is 56.5 Å². The maximum absolute atomic E-state index is 12.5. The van der Waals surface area contributed by atoms with Gasteiger partial charge in [-0.2, -0.15) is 4.99 Å². The molecule has 0 radical (unpaired) electrons. The van der Waals surface area contributed by atoms with Crippen molar-refractivity contribution in [3.05, 3.63) is 82.3 Å². The zero-order valence-corrected chi connectivity index (χ0v) is 16.0. The van der Waals surface area contributed by atoms with E-state index in [0.29, 0.717) is 16.7 Å². The predicted octanol–water partition coefficient (Wildman–Crippen LogP) is 5.11. The molecule has 0 aromatic heterocycles. The fourth-order valence-corrected chi connectivity index (χ4v) is 3.95. The van der Waals surface area contributed by atoms with Gasteiger partial charge in [0.05, 0.1) is 11.3 Å².